The third-order valence-corrected chi connectivity index (χ3v) is 1.38. The Morgan fingerprint density at radius 3 is 1.77 bits per heavy atom. The van der Waals surface area contributed by atoms with E-state index in [2.05, 4.69) is 0 Å². The van der Waals surface area contributed by atoms with Crippen molar-refractivity contribution in [2.24, 2.45) is 0 Å². The van der Waals surface area contributed by atoms with Crippen molar-refractivity contribution in [1.29, 1.82) is 0 Å². The second kappa shape index (κ2) is 4.19. The Bertz CT molecular complexity index is 148. The summed E-state index contributed by atoms with van der Waals surface area (Å²) in [7, 11) is 0. The fourth-order valence-corrected chi connectivity index (χ4v) is 0.730. The van der Waals surface area contributed by atoms with Crippen molar-refractivity contribution < 1.29 is 26.3 Å². The second-order valence-electron chi connectivity index (χ2n) is 3.02. The zero-order valence-corrected chi connectivity index (χ0v) is 6.97. The van der Waals surface area contributed by atoms with E-state index >= 15 is 0 Å². The van der Waals surface area contributed by atoms with E-state index in [1.165, 1.54) is 0 Å². The van der Waals surface area contributed by atoms with E-state index in [0.717, 1.165) is 0 Å². The van der Waals surface area contributed by atoms with E-state index in [4.69, 9.17) is 0 Å². The maximum atomic E-state index is 12.4. The SMILES string of the molecule is CC(F)(F)CCC(F)(F)CC(F)F. The van der Waals surface area contributed by atoms with Crippen LogP contribution in [-0.4, -0.2) is 18.3 Å². The van der Waals surface area contributed by atoms with Gasteiger partial charge in [-0.2, -0.15) is 0 Å². The molecule has 0 saturated heterocycles. The molecule has 80 valence electrons. The Morgan fingerprint density at radius 1 is 1.00 bits per heavy atom. The predicted octanol–water partition coefficient (Wildman–Crippen LogP) is 3.71. The van der Waals surface area contributed by atoms with E-state index in [-0.39, 0.29) is 0 Å². The molecular weight excluding hydrogens is 198 g/mol. The van der Waals surface area contributed by atoms with Gasteiger partial charge in [0.05, 0.1) is 6.42 Å². The fourth-order valence-electron chi connectivity index (χ4n) is 0.730. The molecule has 6 heteroatoms. The summed E-state index contributed by atoms with van der Waals surface area (Å²) < 4.78 is 71.9. The highest BCUT2D eigenvalue weighted by Gasteiger charge is 2.36. The van der Waals surface area contributed by atoms with Crippen LogP contribution in [0.2, 0.25) is 0 Å². The molecule has 0 unspecified atom stereocenters. The average molecular weight is 208 g/mol. The minimum absolute atomic E-state index is 0.478. The smallest absolute Gasteiger partial charge is 0.210 e. The summed E-state index contributed by atoms with van der Waals surface area (Å²) in [6.45, 7) is 0.478. The summed E-state index contributed by atoms with van der Waals surface area (Å²) in [4.78, 5) is 0. The Kier molecular flexibility index (Phi) is 4.06. The first-order chi connectivity index (χ1) is 5.62. The van der Waals surface area contributed by atoms with Gasteiger partial charge >= 0.3 is 0 Å². The average Bonchev–Trinajstić information content (AvgIpc) is 1.79. The number of hydrogen-bond acceptors (Lipinski definition) is 0. The molecule has 13 heavy (non-hydrogen) atoms. The van der Waals surface area contributed by atoms with Crippen LogP contribution in [0.4, 0.5) is 26.3 Å². The van der Waals surface area contributed by atoms with Gasteiger partial charge in [0.2, 0.25) is 12.3 Å². The van der Waals surface area contributed by atoms with Crippen molar-refractivity contribution in [2.45, 2.75) is 44.5 Å². The van der Waals surface area contributed by atoms with Crippen LogP contribution in [0.15, 0.2) is 0 Å². The summed E-state index contributed by atoms with van der Waals surface area (Å²) in [5.74, 6) is -6.93. The number of rotatable bonds is 5. The zero-order chi connectivity index (χ0) is 10.7. The highest BCUT2D eigenvalue weighted by molar-refractivity contribution is 4.71. The molecule has 0 bridgehead atoms. The summed E-state index contributed by atoms with van der Waals surface area (Å²) in [5, 5.41) is 0. The van der Waals surface area contributed by atoms with Crippen molar-refractivity contribution in [3.8, 4) is 0 Å². The zero-order valence-electron chi connectivity index (χ0n) is 6.97. The molecule has 0 atom stereocenters. The highest BCUT2D eigenvalue weighted by atomic mass is 19.3. The van der Waals surface area contributed by atoms with E-state index in [0.29, 0.717) is 6.92 Å². The molecule has 0 fully saturated rings. The van der Waals surface area contributed by atoms with E-state index in [9.17, 15) is 26.3 Å². The maximum Gasteiger partial charge on any atom is 0.253 e. The number of halogens is 6. The van der Waals surface area contributed by atoms with Gasteiger partial charge in [-0.25, -0.2) is 26.3 Å². The minimum atomic E-state index is -3.70. The highest BCUT2D eigenvalue weighted by Crippen LogP contribution is 2.31. The van der Waals surface area contributed by atoms with Gasteiger partial charge in [0.1, 0.15) is 0 Å². The van der Waals surface area contributed by atoms with Gasteiger partial charge in [0, 0.05) is 12.8 Å². The van der Waals surface area contributed by atoms with Crippen molar-refractivity contribution in [2.75, 3.05) is 0 Å². The van der Waals surface area contributed by atoms with E-state index in [1.807, 2.05) is 0 Å². The van der Waals surface area contributed by atoms with Gasteiger partial charge in [-0.05, 0) is 6.92 Å². The van der Waals surface area contributed by atoms with Gasteiger partial charge in [0.15, 0.2) is 0 Å². The summed E-state index contributed by atoms with van der Waals surface area (Å²) in [6, 6.07) is 0. The van der Waals surface area contributed by atoms with Crippen molar-refractivity contribution in [1.82, 2.24) is 0 Å². The lowest BCUT2D eigenvalue weighted by molar-refractivity contribution is -0.0842. The van der Waals surface area contributed by atoms with Crippen LogP contribution in [0.25, 0.3) is 0 Å². The minimum Gasteiger partial charge on any atom is -0.210 e. The van der Waals surface area contributed by atoms with Gasteiger partial charge in [-0.3, -0.25) is 0 Å². The van der Waals surface area contributed by atoms with Crippen LogP contribution in [0, 0.1) is 0 Å². The summed E-state index contributed by atoms with van der Waals surface area (Å²) in [6.07, 6.45) is -7.10. The number of hydrogen-bond donors (Lipinski definition) is 0. The lowest BCUT2D eigenvalue weighted by Crippen LogP contribution is -2.23. The Morgan fingerprint density at radius 2 is 1.46 bits per heavy atom. The van der Waals surface area contributed by atoms with Crippen LogP contribution in [0.3, 0.4) is 0 Å². The predicted molar refractivity (Wildman–Crippen MR) is 35.4 cm³/mol. The third-order valence-electron chi connectivity index (χ3n) is 1.38. The van der Waals surface area contributed by atoms with Crippen molar-refractivity contribution >= 4 is 0 Å². The quantitative estimate of drug-likeness (QED) is 0.604. The molecule has 0 spiro atoms. The second-order valence-corrected chi connectivity index (χ2v) is 3.02. The standard InChI is InChI=1S/C7H10F6/c1-6(10,11)2-3-7(12,13)4-5(8)9/h5H,2-4H2,1H3. The van der Waals surface area contributed by atoms with Crippen LogP contribution in [-0.2, 0) is 0 Å². The monoisotopic (exact) mass is 208 g/mol. The van der Waals surface area contributed by atoms with E-state index < -0.39 is 37.5 Å². The summed E-state index contributed by atoms with van der Waals surface area (Å²) >= 11 is 0. The first kappa shape index (κ1) is 12.6. The van der Waals surface area contributed by atoms with Gasteiger partial charge in [-0.15, -0.1) is 0 Å². The normalized spacial score (nSPS) is 13.8. The molecule has 0 amide bonds. The summed E-state index contributed by atoms with van der Waals surface area (Å²) in [5.41, 5.74) is 0. The topological polar surface area (TPSA) is 0 Å². The van der Waals surface area contributed by atoms with Crippen LogP contribution in [0.5, 0.6) is 0 Å². The Labute approximate surface area is 71.9 Å². The third kappa shape index (κ3) is 7.93. The molecule has 0 nitrogen and oxygen atoms in total. The van der Waals surface area contributed by atoms with Crippen LogP contribution < -0.4 is 0 Å². The molecule has 0 aliphatic heterocycles. The van der Waals surface area contributed by atoms with Crippen LogP contribution in [0.1, 0.15) is 26.2 Å². The van der Waals surface area contributed by atoms with E-state index in [1.54, 1.807) is 0 Å². The van der Waals surface area contributed by atoms with Crippen molar-refractivity contribution in [3.63, 3.8) is 0 Å². The molecule has 0 aliphatic carbocycles. The molecular formula is C7H10F6. The molecule has 0 aromatic carbocycles. The lowest BCUT2D eigenvalue weighted by atomic mass is 10.1. The molecule has 0 heterocycles. The molecule has 0 aromatic heterocycles. The first-order valence-electron chi connectivity index (χ1n) is 3.66. The Balaban J connectivity index is 3.89. The molecule has 0 N–H and O–H groups in total. The molecule has 0 rings (SSSR count). The van der Waals surface area contributed by atoms with Crippen molar-refractivity contribution in [3.05, 3.63) is 0 Å². The van der Waals surface area contributed by atoms with Crippen LogP contribution >= 0.6 is 0 Å². The largest absolute Gasteiger partial charge is 0.253 e. The molecule has 0 saturated carbocycles. The first-order valence-corrected chi connectivity index (χ1v) is 3.66. The molecule has 0 aliphatic rings. The fraction of sp³-hybridized carbons (Fsp3) is 1.00. The van der Waals surface area contributed by atoms with Gasteiger partial charge < -0.3 is 0 Å². The number of alkyl halides is 6. The van der Waals surface area contributed by atoms with Gasteiger partial charge in [0.25, 0.3) is 5.92 Å². The Hall–Kier alpha value is -0.420. The maximum absolute atomic E-state index is 12.4. The molecule has 0 aromatic rings. The lowest BCUT2D eigenvalue weighted by Gasteiger charge is -2.17. The molecule has 0 radical (unpaired) electrons. The van der Waals surface area contributed by atoms with Gasteiger partial charge in [-0.1, -0.05) is 0 Å².